The number of nitrogens with one attached hydrogen (secondary N) is 1. The van der Waals surface area contributed by atoms with E-state index in [1.807, 2.05) is 12.4 Å². The molecule has 0 radical (unpaired) electrons. The summed E-state index contributed by atoms with van der Waals surface area (Å²) in [5, 5.41) is 4.14. The van der Waals surface area contributed by atoms with Crippen molar-refractivity contribution in [3.63, 3.8) is 0 Å². The minimum atomic E-state index is 0.722. The van der Waals surface area contributed by atoms with Crippen molar-refractivity contribution in [2.45, 2.75) is 25.5 Å². The molecule has 114 valence electrons. The van der Waals surface area contributed by atoms with Gasteiger partial charge in [-0.25, -0.2) is 9.97 Å². The van der Waals surface area contributed by atoms with Gasteiger partial charge < -0.3 is 15.0 Å². The van der Waals surface area contributed by atoms with Gasteiger partial charge in [0.15, 0.2) is 5.16 Å². The lowest BCUT2D eigenvalue weighted by Gasteiger charge is -2.16. The first-order chi connectivity index (χ1) is 9.80. The number of hydrogen-bond donors (Lipinski definition) is 1. The molecule has 1 N–H and O–H groups in total. The normalized spacial score (nSPS) is 11.2. The number of methoxy groups -OCH3 is 1. The molecule has 0 aromatic carbocycles. The van der Waals surface area contributed by atoms with Crippen LogP contribution in [0.4, 0.5) is 0 Å². The van der Waals surface area contributed by atoms with Crippen molar-refractivity contribution >= 4 is 11.8 Å². The fourth-order valence-corrected chi connectivity index (χ4v) is 2.51. The van der Waals surface area contributed by atoms with Crippen molar-refractivity contribution in [3.05, 3.63) is 18.0 Å². The molecule has 0 aliphatic rings. The first-order valence-electron chi connectivity index (χ1n) is 7.15. The zero-order valence-corrected chi connectivity index (χ0v) is 13.6. The fourth-order valence-electron chi connectivity index (χ4n) is 1.72. The van der Waals surface area contributed by atoms with Gasteiger partial charge in [-0.3, -0.25) is 0 Å². The van der Waals surface area contributed by atoms with Crippen LogP contribution in [0.25, 0.3) is 0 Å². The molecule has 1 heterocycles. The summed E-state index contributed by atoms with van der Waals surface area (Å²) >= 11 is 1.72. The molecule has 0 amide bonds. The maximum atomic E-state index is 4.98. The first kappa shape index (κ1) is 17.4. The van der Waals surface area contributed by atoms with Crippen LogP contribution in [0.5, 0.6) is 0 Å². The van der Waals surface area contributed by atoms with Gasteiger partial charge in [-0.2, -0.15) is 0 Å². The second-order valence-corrected chi connectivity index (χ2v) is 5.48. The summed E-state index contributed by atoms with van der Waals surface area (Å²) in [6, 6.07) is 0. The van der Waals surface area contributed by atoms with Crippen molar-refractivity contribution in [1.82, 2.24) is 20.2 Å². The van der Waals surface area contributed by atoms with Gasteiger partial charge in [-0.05, 0) is 13.1 Å². The third kappa shape index (κ3) is 7.19. The van der Waals surface area contributed by atoms with Crippen LogP contribution in [-0.4, -0.2) is 60.5 Å². The number of hydrogen-bond acceptors (Lipinski definition) is 6. The lowest BCUT2D eigenvalue weighted by molar-refractivity contribution is 0.199. The van der Waals surface area contributed by atoms with Gasteiger partial charge in [0, 0.05) is 50.5 Å². The van der Waals surface area contributed by atoms with E-state index in [9.17, 15) is 0 Å². The van der Waals surface area contributed by atoms with Crippen LogP contribution in [0.1, 0.15) is 19.4 Å². The summed E-state index contributed by atoms with van der Waals surface area (Å²) in [6.07, 6.45) is 3.79. The first-order valence-corrected chi connectivity index (χ1v) is 8.14. The highest BCUT2D eigenvalue weighted by Crippen LogP contribution is 2.12. The SMILES string of the molecule is CCN(CC)CCSc1ncc(CNCCOC)cn1. The minimum absolute atomic E-state index is 0.722. The van der Waals surface area contributed by atoms with Crippen LogP contribution < -0.4 is 5.32 Å². The Hall–Kier alpha value is -0.690. The van der Waals surface area contributed by atoms with E-state index in [0.717, 1.165) is 55.8 Å². The molecule has 1 aromatic rings. The molecule has 1 rings (SSSR count). The summed E-state index contributed by atoms with van der Waals surface area (Å²) in [4.78, 5) is 11.2. The zero-order valence-electron chi connectivity index (χ0n) is 12.8. The standard InChI is InChI=1S/C14H26N4OS/c1-4-18(5-2)7-9-20-14-16-11-13(12-17-14)10-15-6-8-19-3/h11-12,15H,4-10H2,1-3H3. The van der Waals surface area contributed by atoms with Gasteiger partial charge in [0.1, 0.15) is 0 Å². The average Bonchev–Trinajstić information content (AvgIpc) is 2.49. The Kier molecular flexibility index (Phi) is 9.57. The number of thioether (sulfide) groups is 1. The molecule has 20 heavy (non-hydrogen) atoms. The molecule has 0 saturated heterocycles. The molecule has 0 unspecified atom stereocenters. The van der Waals surface area contributed by atoms with E-state index in [-0.39, 0.29) is 0 Å². The number of ether oxygens (including phenoxy) is 1. The maximum absolute atomic E-state index is 4.98. The summed E-state index contributed by atoms with van der Waals surface area (Å²) in [5.74, 6) is 1.03. The Morgan fingerprint density at radius 2 is 1.95 bits per heavy atom. The molecule has 1 aromatic heterocycles. The van der Waals surface area contributed by atoms with E-state index in [1.54, 1.807) is 18.9 Å². The fraction of sp³-hybridized carbons (Fsp3) is 0.714. The lowest BCUT2D eigenvalue weighted by Crippen LogP contribution is -2.25. The number of rotatable bonds is 11. The second-order valence-electron chi connectivity index (χ2n) is 4.42. The van der Waals surface area contributed by atoms with Crippen LogP contribution >= 0.6 is 11.8 Å². The van der Waals surface area contributed by atoms with Gasteiger partial charge in [0.2, 0.25) is 0 Å². The quantitative estimate of drug-likeness (QED) is 0.381. The molecule has 0 bridgehead atoms. The van der Waals surface area contributed by atoms with E-state index < -0.39 is 0 Å². The monoisotopic (exact) mass is 298 g/mol. The van der Waals surface area contributed by atoms with Crippen molar-refractivity contribution in [2.24, 2.45) is 0 Å². The van der Waals surface area contributed by atoms with E-state index >= 15 is 0 Å². The number of nitrogens with zero attached hydrogens (tertiary/aromatic N) is 3. The minimum Gasteiger partial charge on any atom is -0.383 e. The van der Waals surface area contributed by atoms with Gasteiger partial charge in [0.25, 0.3) is 0 Å². The second kappa shape index (κ2) is 11.0. The molecule has 0 aliphatic heterocycles. The van der Waals surface area contributed by atoms with Crippen LogP contribution in [0.3, 0.4) is 0 Å². The average molecular weight is 298 g/mol. The molecule has 0 spiro atoms. The summed E-state index contributed by atoms with van der Waals surface area (Å²) < 4.78 is 4.98. The number of aromatic nitrogens is 2. The Bertz CT molecular complexity index is 344. The molecular formula is C14H26N4OS. The summed E-state index contributed by atoms with van der Waals surface area (Å²) in [5.41, 5.74) is 1.11. The van der Waals surface area contributed by atoms with Gasteiger partial charge >= 0.3 is 0 Å². The van der Waals surface area contributed by atoms with Crippen molar-refractivity contribution in [3.8, 4) is 0 Å². The zero-order chi connectivity index (χ0) is 14.6. The highest BCUT2D eigenvalue weighted by molar-refractivity contribution is 7.99. The Morgan fingerprint density at radius 3 is 2.55 bits per heavy atom. The molecule has 0 atom stereocenters. The van der Waals surface area contributed by atoms with E-state index in [0.29, 0.717) is 0 Å². The van der Waals surface area contributed by atoms with E-state index in [4.69, 9.17) is 4.74 Å². The largest absolute Gasteiger partial charge is 0.383 e. The highest BCUT2D eigenvalue weighted by Gasteiger charge is 2.02. The predicted molar refractivity (Wildman–Crippen MR) is 84.1 cm³/mol. The van der Waals surface area contributed by atoms with Crippen LogP contribution in [0, 0.1) is 0 Å². The third-order valence-corrected chi connectivity index (χ3v) is 3.88. The summed E-state index contributed by atoms with van der Waals surface area (Å²) in [7, 11) is 1.70. The van der Waals surface area contributed by atoms with Gasteiger partial charge in [0.05, 0.1) is 6.61 Å². The lowest BCUT2D eigenvalue weighted by atomic mass is 10.3. The van der Waals surface area contributed by atoms with Crippen molar-refractivity contribution in [2.75, 3.05) is 45.6 Å². The van der Waals surface area contributed by atoms with Crippen molar-refractivity contribution < 1.29 is 4.74 Å². The predicted octanol–water partition coefficient (Wildman–Crippen LogP) is 1.65. The summed E-state index contributed by atoms with van der Waals surface area (Å²) in [6.45, 7) is 10.0. The Balaban J connectivity index is 2.24. The van der Waals surface area contributed by atoms with E-state index in [1.165, 1.54) is 0 Å². The van der Waals surface area contributed by atoms with E-state index in [2.05, 4.69) is 34.0 Å². The third-order valence-electron chi connectivity index (χ3n) is 3.03. The molecule has 0 aliphatic carbocycles. The maximum Gasteiger partial charge on any atom is 0.187 e. The van der Waals surface area contributed by atoms with Crippen LogP contribution in [0.15, 0.2) is 17.6 Å². The molecule has 5 nitrogen and oxygen atoms in total. The van der Waals surface area contributed by atoms with Gasteiger partial charge in [-0.1, -0.05) is 25.6 Å². The van der Waals surface area contributed by atoms with Crippen LogP contribution in [0.2, 0.25) is 0 Å². The Labute approximate surface area is 126 Å². The molecule has 0 fully saturated rings. The van der Waals surface area contributed by atoms with Gasteiger partial charge in [-0.15, -0.1) is 0 Å². The molecular weight excluding hydrogens is 272 g/mol. The van der Waals surface area contributed by atoms with Crippen LogP contribution in [-0.2, 0) is 11.3 Å². The topological polar surface area (TPSA) is 50.3 Å². The molecule has 0 saturated carbocycles. The van der Waals surface area contributed by atoms with Crippen molar-refractivity contribution in [1.29, 1.82) is 0 Å². The molecule has 6 heteroatoms. The Morgan fingerprint density at radius 1 is 1.25 bits per heavy atom. The smallest absolute Gasteiger partial charge is 0.187 e. The highest BCUT2D eigenvalue weighted by atomic mass is 32.2.